The molecular formula is C20H30N8O. The first-order chi connectivity index (χ1) is 14.2. The number of anilines is 2. The summed E-state index contributed by atoms with van der Waals surface area (Å²) in [5, 5.41) is 17.4. The van der Waals surface area contributed by atoms with Crippen LogP contribution in [0.25, 0.3) is 0 Å². The number of nitrogens with two attached hydrogens (primary N) is 1. The molecule has 4 rings (SSSR count). The van der Waals surface area contributed by atoms with Gasteiger partial charge in [0.1, 0.15) is 0 Å². The Morgan fingerprint density at radius 1 is 1.34 bits per heavy atom. The molecule has 3 aliphatic heterocycles. The van der Waals surface area contributed by atoms with Crippen molar-refractivity contribution in [3.8, 4) is 6.07 Å². The van der Waals surface area contributed by atoms with Crippen LogP contribution >= 0.6 is 0 Å². The number of hydrazine groups is 1. The van der Waals surface area contributed by atoms with Gasteiger partial charge in [0.25, 0.3) is 0 Å². The van der Waals surface area contributed by atoms with Crippen LogP contribution < -0.4 is 26.7 Å². The highest BCUT2D eigenvalue weighted by molar-refractivity contribution is 5.96. The molecule has 3 aliphatic rings. The van der Waals surface area contributed by atoms with Gasteiger partial charge >= 0.3 is 0 Å². The molecule has 0 saturated carbocycles. The fourth-order valence-electron chi connectivity index (χ4n) is 4.64. The van der Waals surface area contributed by atoms with E-state index in [2.05, 4.69) is 32.0 Å². The number of fused-ring (bicyclic) bond motifs is 1. The molecular weight excluding hydrogens is 368 g/mol. The molecule has 9 nitrogen and oxygen atoms in total. The number of hydrogen-bond donors (Lipinski definition) is 4. The molecule has 3 saturated heterocycles. The third-order valence-corrected chi connectivity index (χ3v) is 6.13. The fraction of sp³-hybridized carbons (Fsp3) is 0.650. The highest BCUT2D eigenvalue weighted by Crippen LogP contribution is 2.29. The van der Waals surface area contributed by atoms with E-state index in [0.717, 1.165) is 37.3 Å². The zero-order valence-corrected chi connectivity index (χ0v) is 16.7. The molecule has 156 valence electrons. The van der Waals surface area contributed by atoms with E-state index in [4.69, 9.17) is 11.0 Å². The van der Waals surface area contributed by atoms with E-state index in [1.165, 1.54) is 12.8 Å². The van der Waals surface area contributed by atoms with Crippen LogP contribution in [0.2, 0.25) is 0 Å². The molecule has 4 unspecified atom stereocenters. The first-order valence-electron chi connectivity index (χ1n) is 10.6. The first-order valence-corrected chi connectivity index (χ1v) is 10.6. The Kier molecular flexibility index (Phi) is 6.25. The van der Waals surface area contributed by atoms with Gasteiger partial charge in [-0.25, -0.2) is 10.4 Å². The van der Waals surface area contributed by atoms with Gasteiger partial charge in [0.15, 0.2) is 0 Å². The average Bonchev–Trinajstić information content (AvgIpc) is 2.87. The second-order valence-electron chi connectivity index (χ2n) is 8.20. The largest absolute Gasteiger partial charge is 0.370 e. The smallest absolute Gasteiger partial charge is 0.233 e. The van der Waals surface area contributed by atoms with Gasteiger partial charge in [0, 0.05) is 38.8 Å². The minimum absolute atomic E-state index is 0.118. The molecule has 5 N–H and O–H groups in total. The Morgan fingerprint density at radius 2 is 2.14 bits per heavy atom. The van der Waals surface area contributed by atoms with E-state index in [-0.39, 0.29) is 18.0 Å². The molecule has 9 heteroatoms. The fourth-order valence-corrected chi connectivity index (χ4v) is 4.64. The van der Waals surface area contributed by atoms with E-state index in [9.17, 15) is 4.79 Å². The molecule has 0 radical (unpaired) electrons. The number of carbonyl (C=O) groups is 1. The monoisotopic (exact) mass is 398 g/mol. The average molecular weight is 399 g/mol. The normalized spacial score (nSPS) is 30.3. The van der Waals surface area contributed by atoms with E-state index < -0.39 is 12.1 Å². The van der Waals surface area contributed by atoms with E-state index >= 15 is 0 Å². The molecule has 4 heterocycles. The lowest BCUT2D eigenvalue weighted by molar-refractivity contribution is -0.121. The lowest BCUT2D eigenvalue weighted by Gasteiger charge is -2.36. The number of rotatable bonds is 4. The van der Waals surface area contributed by atoms with Gasteiger partial charge in [-0.2, -0.15) is 5.26 Å². The molecule has 3 fully saturated rings. The Morgan fingerprint density at radius 3 is 2.90 bits per heavy atom. The Labute approximate surface area is 171 Å². The number of hydrogen-bond acceptors (Lipinski definition) is 8. The summed E-state index contributed by atoms with van der Waals surface area (Å²) < 4.78 is 0. The summed E-state index contributed by atoms with van der Waals surface area (Å²) in [6.07, 6.45) is 8.16. The van der Waals surface area contributed by atoms with Crippen molar-refractivity contribution in [2.24, 2.45) is 17.6 Å². The standard InChI is InChI=1S/C20H30N8O/c21-7-5-14-11-24-19-17(18(22)26-28(19)13-14)20(29)25-15-12-23-8-6-16(15)27-9-3-1-2-4-10-27/h6,8,12,14,17-19,24,26H,1-5,9-11,13,22H2,(H,25,29). The third-order valence-electron chi connectivity index (χ3n) is 6.13. The van der Waals surface area contributed by atoms with Crippen LogP contribution in [0.1, 0.15) is 32.1 Å². The zero-order valence-electron chi connectivity index (χ0n) is 16.7. The predicted molar refractivity (Wildman–Crippen MR) is 110 cm³/mol. The van der Waals surface area contributed by atoms with E-state index in [1.807, 2.05) is 11.1 Å². The van der Waals surface area contributed by atoms with Crippen LogP contribution in [0.3, 0.4) is 0 Å². The molecule has 1 aromatic heterocycles. The summed E-state index contributed by atoms with van der Waals surface area (Å²) in [6, 6.07) is 4.20. The van der Waals surface area contributed by atoms with Crippen molar-refractivity contribution in [1.29, 1.82) is 5.26 Å². The molecule has 0 aromatic carbocycles. The topological polar surface area (TPSA) is 122 Å². The lowest BCUT2D eigenvalue weighted by Crippen LogP contribution is -2.57. The van der Waals surface area contributed by atoms with Crippen molar-refractivity contribution >= 4 is 17.3 Å². The Hall–Kier alpha value is -2.25. The van der Waals surface area contributed by atoms with Gasteiger partial charge in [-0.05, 0) is 24.8 Å². The van der Waals surface area contributed by atoms with E-state index in [1.54, 1.807) is 12.4 Å². The van der Waals surface area contributed by atoms with Gasteiger partial charge in [-0.1, -0.05) is 12.8 Å². The van der Waals surface area contributed by atoms with Crippen LogP contribution in [0.15, 0.2) is 18.5 Å². The van der Waals surface area contributed by atoms with Crippen molar-refractivity contribution in [3.05, 3.63) is 18.5 Å². The number of amides is 1. The number of nitrogens with one attached hydrogen (secondary N) is 3. The van der Waals surface area contributed by atoms with Crippen molar-refractivity contribution in [2.75, 3.05) is 36.4 Å². The molecule has 0 bridgehead atoms. The second kappa shape index (κ2) is 9.05. The minimum atomic E-state index is -0.480. The van der Waals surface area contributed by atoms with E-state index in [0.29, 0.717) is 19.5 Å². The van der Waals surface area contributed by atoms with Crippen LogP contribution in [-0.4, -0.2) is 54.4 Å². The van der Waals surface area contributed by atoms with Gasteiger partial charge < -0.3 is 16.0 Å². The second-order valence-corrected chi connectivity index (χ2v) is 8.20. The third kappa shape index (κ3) is 4.36. The highest BCUT2D eigenvalue weighted by Gasteiger charge is 2.46. The summed E-state index contributed by atoms with van der Waals surface area (Å²) in [6.45, 7) is 3.40. The van der Waals surface area contributed by atoms with Crippen LogP contribution in [0.5, 0.6) is 0 Å². The maximum absolute atomic E-state index is 13.2. The summed E-state index contributed by atoms with van der Waals surface area (Å²) in [4.78, 5) is 19.8. The Bertz CT molecular complexity index is 757. The number of carbonyl (C=O) groups excluding carboxylic acids is 1. The molecule has 4 atom stereocenters. The number of nitriles is 1. The highest BCUT2D eigenvalue weighted by atomic mass is 16.2. The molecule has 1 amide bonds. The number of pyridine rings is 1. The van der Waals surface area contributed by atoms with Crippen molar-refractivity contribution in [2.45, 2.75) is 44.4 Å². The predicted octanol–water partition coefficient (Wildman–Crippen LogP) is 0.581. The quantitative estimate of drug-likeness (QED) is 0.581. The lowest BCUT2D eigenvalue weighted by atomic mass is 9.98. The van der Waals surface area contributed by atoms with Gasteiger partial charge in [0.2, 0.25) is 5.91 Å². The molecule has 29 heavy (non-hydrogen) atoms. The summed E-state index contributed by atoms with van der Waals surface area (Å²) >= 11 is 0. The summed E-state index contributed by atoms with van der Waals surface area (Å²) in [7, 11) is 0. The number of aromatic nitrogens is 1. The van der Waals surface area contributed by atoms with Gasteiger partial charge in [0.05, 0.1) is 41.9 Å². The van der Waals surface area contributed by atoms with Crippen LogP contribution in [-0.2, 0) is 4.79 Å². The van der Waals surface area contributed by atoms with Crippen molar-refractivity contribution < 1.29 is 4.79 Å². The number of nitrogens with zero attached hydrogens (tertiary/aromatic N) is 4. The van der Waals surface area contributed by atoms with Crippen LogP contribution in [0, 0.1) is 23.2 Å². The summed E-state index contributed by atoms with van der Waals surface area (Å²) in [5.41, 5.74) is 11.2. The summed E-state index contributed by atoms with van der Waals surface area (Å²) in [5.74, 6) is -0.325. The van der Waals surface area contributed by atoms with Crippen molar-refractivity contribution in [1.82, 2.24) is 20.7 Å². The molecule has 0 aliphatic carbocycles. The Balaban J connectivity index is 1.47. The molecule has 0 spiro atoms. The molecule has 1 aromatic rings. The minimum Gasteiger partial charge on any atom is -0.370 e. The van der Waals surface area contributed by atoms with Crippen LogP contribution in [0.4, 0.5) is 11.4 Å². The first kappa shape index (κ1) is 20.0. The maximum Gasteiger partial charge on any atom is 0.233 e. The van der Waals surface area contributed by atoms with Gasteiger partial charge in [-0.15, -0.1) is 0 Å². The van der Waals surface area contributed by atoms with Crippen molar-refractivity contribution in [3.63, 3.8) is 0 Å². The zero-order chi connectivity index (χ0) is 20.2. The maximum atomic E-state index is 13.2. The SMILES string of the molecule is N#CCC1CNC2C(C(=O)Nc3cnccc3N3CCCCCC3)C(N)NN2C1. The van der Waals surface area contributed by atoms with Gasteiger partial charge in [-0.3, -0.25) is 15.1 Å².